The summed E-state index contributed by atoms with van der Waals surface area (Å²) in [5, 5.41) is 21.0. The SMILES string of the molecule is CCC(C)CC1(CC(C)CC)c2ccccc2-c2ccc(-c3ccc4c(c3)C(CC(C)CC)(CC(C)CC)c3cc(-c5ccc6c(c5)C(CC(C)CC)(CC(C)CC)c5cc(B(O)O)ccc5-6)ccc3-4)cc21. The summed E-state index contributed by atoms with van der Waals surface area (Å²) in [6, 6.07) is 45.6. The van der Waals surface area contributed by atoms with Gasteiger partial charge in [-0.3, -0.25) is 0 Å². The van der Waals surface area contributed by atoms with E-state index in [1.54, 1.807) is 11.1 Å². The van der Waals surface area contributed by atoms with Crippen molar-refractivity contribution in [3.8, 4) is 55.6 Å². The van der Waals surface area contributed by atoms with Crippen molar-refractivity contribution in [2.75, 3.05) is 0 Å². The molecule has 378 valence electrons. The maximum absolute atomic E-state index is 10.5. The van der Waals surface area contributed by atoms with Crippen molar-refractivity contribution in [2.45, 2.75) is 176 Å². The van der Waals surface area contributed by atoms with E-state index in [9.17, 15) is 10.0 Å². The zero-order valence-corrected chi connectivity index (χ0v) is 46.4. The molecular weight excluding hydrogens is 872 g/mol. The summed E-state index contributed by atoms with van der Waals surface area (Å²) < 4.78 is 0. The van der Waals surface area contributed by atoms with E-state index in [0.29, 0.717) is 41.0 Å². The number of hydrogen-bond acceptors (Lipinski definition) is 2. The Kier molecular flexibility index (Phi) is 15.1. The van der Waals surface area contributed by atoms with E-state index >= 15 is 0 Å². The second-order valence-corrected chi connectivity index (χ2v) is 24.3. The highest BCUT2D eigenvalue weighted by atomic mass is 16.4. The molecule has 0 radical (unpaired) electrons. The van der Waals surface area contributed by atoms with E-state index in [1.165, 1.54) is 104 Å². The van der Waals surface area contributed by atoms with E-state index in [4.69, 9.17) is 0 Å². The highest BCUT2D eigenvalue weighted by Crippen LogP contribution is 2.60. The lowest BCUT2D eigenvalue weighted by atomic mass is 9.65. The van der Waals surface area contributed by atoms with Crippen molar-refractivity contribution < 1.29 is 10.0 Å². The van der Waals surface area contributed by atoms with Crippen LogP contribution in [0.1, 0.15) is 194 Å². The van der Waals surface area contributed by atoms with Crippen molar-refractivity contribution >= 4 is 12.6 Å². The van der Waals surface area contributed by atoms with Gasteiger partial charge in [0, 0.05) is 16.2 Å². The summed E-state index contributed by atoms with van der Waals surface area (Å²) in [4.78, 5) is 0. The van der Waals surface area contributed by atoms with Crippen LogP contribution in [0.5, 0.6) is 0 Å². The molecule has 0 bridgehead atoms. The standard InChI is InChI=1S/C69H87BO2/c1-13-44(7)38-67(39-45(8)14-2)61-22-20-19-21-55(61)56-28-23-50(33-62(56)67)51-24-29-57-58-30-25-52(35-64(58)68(63(57)34-51,40-46(9)15-3)41-47(10)16-4)53-26-31-59-60-32-27-54(70(71)72)37-66(60)69(65(59)36-53,42-48(11)17-5)43-49(12)18-6/h19-37,44-49,71-72H,13-18,38-43H2,1-12H3. The van der Waals surface area contributed by atoms with E-state index in [-0.39, 0.29) is 16.2 Å². The largest absolute Gasteiger partial charge is 0.488 e. The predicted molar refractivity (Wildman–Crippen MR) is 310 cm³/mol. The fraction of sp³-hybridized carbons (Fsp3) is 0.478. The van der Waals surface area contributed by atoms with Gasteiger partial charge in [-0.2, -0.15) is 0 Å². The first-order valence-corrected chi connectivity index (χ1v) is 28.8. The minimum Gasteiger partial charge on any atom is -0.423 e. The molecule has 3 aliphatic rings. The van der Waals surface area contributed by atoms with Gasteiger partial charge in [0.15, 0.2) is 0 Å². The fourth-order valence-electron chi connectivity index (χ4n) is 14.3. The second-order valence-electron chi connectivity index (χ2n) is 24.3. The Hall–Kier alpha value is -4.70. The first-order valence-electron chi connectivity index (χ1n) is 28.8. The van der Waals surface area contributed by atoms with Crippen LogP contribution in [0.4, 0.5) is 0 Å². The zero-order valence-electron chi connectivity index (χ0n) is 46.4. The van der Waals surface area contributed by atoms with Crippen LogP contribution in [0.15, 0.2) is 115 Å². The minimum atomic E-state index is -1.50. The third-order valence-electron chi connectivity index (χ3n) is 19.3. The van der Waals surface area contributed by atoms with Gasteiger partial charge in [0.25, 0.3) is 0 Å². The van der Waals surface area contributed by atoms with Crippen LogP contribution in [0.3, 0.4) is 0 Å². The van der Waals surface area contributed by atoms with Crippen molar-refractivity contribution in [3.63, 3.8) is 0 Å². The Morgan fingerprint density at radius 3 is 0.861 bits per heavy atom. The molecule has 2 nitrogen and oxygen atoms in total. The Labute approximate surface area is 436 Å². The van der Waals surface area contributed by atoms with Crippen LogP contribution in [-0.2, 0) is 16.2 Å². The molecular formula is C69H87BO2. The average molecular weight is 959 g/mol. The highest BCUT2D eigenvalue weighted by molar-refractivity contribution is 6.58. The molecule has 6 aromatic carbocycles. The van der Waals surface area contributed by atoms with Crippen LogP contribution in [0.2, 0.25) is 0 Å². The first-order chi connectivity index (χ1) is 34.6. The molecule has 0 saturated heterocycles. The molecule has 3 aliphatic carbocycles. The van der Waals surface area contributed by atoms with Gasteiger partial charge in [-0.05, 0) is 193 Å². The van der Waals surface area contributed by atoms with Crippen molar-refractivity contribution in [2.24, 2.45) is 35.5 Å². The van der Waals surface area contributed by atoms with Crippen LogP contribution < -0.4 is 5.46 Å². The molecule has 0 saturated carbocycles. The third-order valence-corrected chi connectivity index (χ3v) is 19.3. The second kappa shape index (κ2) is 20.9. The van der Waals surface area contributed by atoms with Gasteiger partial charge in [-0.1, -0.05) is 213 Å². The molecule has 0 fully saturated rings. The summed E-state index contributed by atoms with van der Waals surface area (Å²) in [6.07, 6.45) is 13.6. The molecule has 9 rings (SSSR count). The Bertz CT molecular complexity index is 2870. The van der Waals surface area contributed by atoms with Crippen LogP contribution in [-0.4, -0.2) is 17.2 Å². The van der Waals surface area contributed by atoms with Gasteiger partial charge in [-0.25, -0.2) is 0 Å². The van der Waals surface area contributed by atoms with Gasteiger partial charge in [0.2, 0.25) is 0 Å². The summed E-state index contributed by atoms with van der Waals surface area (Å²) in [6.45, 7) is 28.9. The monoisotopic (exact) mass is 959 g/mol. The Morgan fingerprint density at radius 1 is 0.319 bits per heavy atom. The lowest BCUT2D eigenvalue weighted by molar-refractivity contribution is 0.308. The van der Waals surface area contributed by atoms with Crippen molar-refractivity contribution in [1.82, 2.24) is 0 Å². The number of benzene rings is 6. The lowest BCUT2D eigenvalue weighted by Crippen LogP contribution is -2.34. The Balaban J connectivity index is 1.21. The maximum atomic E-state index is 10.5. The molecule has 0 aromatic heterocycles. The molecule has 0 spiro atoms. The zero-order chi connectivity index (χ0) is 51.3. The molecule has 6 atom stereocenters. The average Bonchev–Trinajstić information content (AvgIpc) is 3.92. The highest BCUT2D eigenvalue weighted by Gasteiger charge is 2.48. The van der Waals surface area contributed by atoms with E-state index < -0.39 is 7.12 Å². The summed E-state index contributed by atoms with van der Waals surface area (Å²) in [7, 11) is -1.50. The molecule has 6 aromatic rings. The molecule has 3 heteroatoms. The van der Waals surface area contributed by atoms with Crippen molar-refractivity contribution in [1.29, 1.82) is 0 Å². The summed E-state index contributed by atoms with van der Waals surface area (Å²) in [5.41, 5.74) is 22.5. The van der Waals surface area contributed by atoms with E-state index in [1.807, 2.05) is 6.07 Å². The molecule has 0 aliphatic heterocycles. The molecule has 72 heavy (non-hydrogen) atoms. The normalized spacial score (nSPS) is 21.7. The van der Waals surface area contributed by atoms with Gasteiger partial charge < -0.3 is 10.0 Å². The first kappa shape index (κ1) is 52.2. The van der Waals surface area contributed by atoms with Gasteiger partial charge in [0.05, 0.1) is 0 Å². The molecule has 0 amide bonds. The number of hydrogen-bond donors (Lipinski definition) is 2. The van der Waals surface area contributed by atoms with Crippen LogP contribution >= 0.6 is 0 Å². The van der Waals surface area contributed by atoms with Gasteiger partial charge in [-0.15, -0.1) is 0 Å². The topological polar surface area (TPSA) is 40.5 Å². The quantitative estimate of drug-likeness (QED) is 0.0706. The van der Waals surface area contributed by atoms with Crippen LogP contribution in [0, 0.1) is 35.5 Å². The van der Waals surface area contributed by atoms with Crippen LogP contribution in [0.25, 0.3) is 55.6 Å². The van der Waals surface area contributed by atoms with Crippen molar-refractivity contribution in [3.05, 3.63) is 149 Å². The van der Waals surface area contributed by atoms with Gasteiger partial charge in [0.1, 0.15) is 0 Å². The predicted octanol–water partition coefficient (Wildman–Crippen LogP) is 18.1. The number of fused-ring (bicyclic) bond motifs is 9. The molecule has 0 heterocycles. The summed E-state index contributed by atoms with van der Waals surface area (Å²) >= 11 is 0. The third kappa shape index (κ3) is 8.99. The van der Waals surface area contributed by atoms with E-state index in [2.05, 4.69) is 192 Å². The maximum Gasteiger partial charge on any atom is 0.488 e. The minimum absolute atomic E-state index is 0.000395. The summed E-state index contributed by atoms with van der Waals surface area (Å²) in [5.74, 6) is 3.39. The smallest absolute Gasteiger partial charge is 0.423 e. The van der Waals surface area contributed by atoms with E-state index in [0.717, 1.165) is 51.4 Å². The fourth-order valence-corrected chi connectivity index (χ4v) is 14.3. The molecule has 2 N–H and O–H groups in total. The molecule has 6 unspecified atom stereocenters. The number of rotatable bonds is 21. The Morgan fingerprint density at radius 2 is 0.569 bits per heavy atom. The lowest BCUT2D eigenvalue weighted by Gasteiger charge is -2.38. The van der Waals surface area contributed by atoms with Gasteiger partial charge >= 0.3 is 7.12 Å².